The topological polar surface area (TPSA) is 60.5 Å². The molecule has 0 spiro atoms. The van der Waals surface area contributed by atoms with E-state index in [1.807, 2.05) is 49.4 Å². The fourth-order valence-corrected chi connectivity index (χ4v) is 3.15. The van der Waals surface area contributed by atoms with Gasteiger partial charge in [0.25, 0.3) is 0 Å². The lowest BCUT2D eigenvalue weighted by atomic mass is 10.2. The quantitative estimate of drug-likeness (QED) is 0.668. The number of benzene rings is 2. The van der Waals surface area contributed by atoms with E-state index in [0.29, 0.717) is 11.7 Å². The maximum Gasteiger partial charge on any atom is 0.250 e. The van der Waals surface area contributed by atoms with E-state index >= 15 is 0 Å². The Bertz CT molecular complexity index is 901. The summed E-state index contributed by atoms with van der Waals surface area (Å²) in [6, 6.07) is 13.2. The minimum atomic E-state index is -0.222. The van der Waals surface area contributed by atoms with E-state index in [4.69, 9.17) is 9.47 Å². The van der Waals surface area contributed by atoms with Gasteiger partial charge in [0.1, 0.15) is 11.5 Å². The molecule has 0 saturated heterocycles. The van der Waals surface area contributed by atoms with Crippen molar-refractivity contribution in [1.29, 1.82) is 0 Å². The minimum absolute atomic E-state index is 0.222. The van der Waals surface area contributed by atoms with Gasteiger partial charge in [0.05, 0.1) is 23.9 Å². The van der Waals surface area contributed by atoms with Crippen molar-refractivity contribution < 1.29 is 14.3 Å². The molecule has 0 aliphatic rings. The van der Waals surface area contributed by atoms with E-state index in [-0.39, 0.29) is 5.91 Å². The van der Waals surface area contributed by atoms with E-state index in [2.05, 4.69) is 10.3 Å². The monoisotopic (exact) mass is 354 g/mol. The molecule has 0 aliphatic heterocycles. The lowest BCUT2D eigenvalue weighted by molar-refractivity contribution is -0.111. The normalized spacial score (nSPS) is 11.0. The van der Waals surface area contributed by atoms with Crippen molar-refractivity contribution in [3.05, 3.63) is 54.1 Å². The van der Waals surface area contributed by atoms with Gasteiger partial charge in [0.2, 0.25) is 5.91 Å². The third-order valence-electron chi connectivity index (χ3n) is 3.44. The summed E-state index contributed by atoms with van der Waals surface area (Å²) in [6.45, 7) is 2.56. The van der Waals surface area contributed by atoms with Gasteiger partial charge in [-0.1, -0.05) is 23.5 Å². The molecule has 5 nitrogen and oxygen atoms in total. The number of ether oxygens (including phenoxy) is 2. The van der Waals surface area contributed by atoms with E-state index < -0.39 is 0 Å². The van der Waals surface area contributed by atoms with E-state index in [1.165, 1.54) is 17.4 Å². The Morgan fingerprint density at radius 2 is 1.96 bits per heavy atom. The van der Waals surface area contributed by atoms with Gasteiger partial charge in [-0.25, -0.2) is 4.98 Å². The zero-order chi connectivity index (χ0) is 17.6. The fourth-order valence-electron chi connectivity index (χ4n) is 2.25. The van der Waals surface area contributed by atoms with Crippen LogP contribution in [0, 0.1) is 0 Å². The van der Waals surface area contributed by atoms with Gasteiger partial charge in [-0.2, -0.15) is 0 Å². The van der Waals surface area contributed by atoms with Gasteiger partial charge in [-0.05, 0) is 48.9 Å². The first-order chi connectivity index (χ1) is 12.2. The first-order valence-electron chi connectivity index (χ1n) is 7.84. The van der Waals surface area contributed by atoms with Crippen LogP contribution in [-0.4, -0.2) is 24.6 Å². The first-order valence-corrected chi connectivity index (χ1v) is 8.66. The lowest BCUT2D eigenvalue weighted by Gasteiger charge is -2.00. The molecule has 2 aromatic carbocycles. The van der Waals surface area contributed by atoms with Gasteiger partial charge in [0, 0.05) is 6.08 Å². The molecule has 25 heavy (non-hydrogen) atoms. The SMILES string of the molecule is CCOc1ccc2nc(NC(=O)C=Cc3ccc(OC)cc3)sc2c1. The highest BCUT2D eigenvalue weighted by atomic mass is 32.1. The second kappa shape index (κ2) is 7.81. The van der Waals surface area contributed by atoms with Crippen molar-refractivity contribution in [3.8, 4) is 11.5 Å². The highest BCUT2D eigenvalue weighted by molar-refractivity contribution is 7.22. The summed E-state index contributed by atoms with van der Waals surface area (Å²) >= 11 is 1.42. The average Bonchev–Trinajstić information content (AvgIpc) is 3.02. The van der Waals surface area contributed by atoms with Crippen molar-refractivity contribution in [2.24, 2.45) is 0 Å². The molecule has 0 radical (unpaired) electrons. The van der Waals surface area contributed by atoms with Crippen molar-refractivity contribution >= 4 is 38.7 Å². The molecule has 0 aliphatic carbocycles. The molecular weight excluding hydrogens is 336 g/mol. The van der Waals surface area contributed by atoms with Crippen LogP contribution in [0.4, 0.5) is 5.13 Å². The van der Waals surface area contributed by atoms with Gasteiger partial charge < -0.3 is 9.47 Å². The number of thiazole rings is 1. The fraction of sp³-hybridized carbons (Fsp3) is 0.158. The molecule has 128 valence electrons. The second-order valence-electron chi connectivity index (χ2n) is 5.18. The Morgan fingerprint density at radius 3 is 2.68 bits per heavy atom. The predicted molar refractivity (Wildman–Crippen MR) is 101 cm³/mol. The van der Waals surface area contributed by atoms with Crippen molar-refractivity contribution in [2.75, 3.05) is 19.0 Å². The van der Waals surface area contributed by atoms with Crippen LogP contribution in [0.2, 0.25) is 0 Å². The number of hydrogen-bond donors (Lipinski definition) is 1. The highest BCUT2D eigenvalue weighted by Gasteiger charge is 2.07. The van der Waals surface area contributed by atoms with Crippen LogP contribution in [0.3, 0.4) is 0 Å². The molecule has 0 bridgehead atoms. The zero-order valence-electron chi connectivity index (χ0n) is 14.0. The molecule has 1 N–H and O–H groups in total. The van der Waals surface area contributed by atoms with Crippen molar-refractivity contribution in [2.45, 2.75) is 6.92 Å². The summed E-state index contributed by atoms with van der Waals surface area (Å²) in [6.07, 6.45) is 3.23. The van der Waals surface area contributed by atoms with Crippen LogP contribution in [0.15, 0.2) is 48.5 Å². The second-order valence-corrected chi connectivity index (χ2v) is 6.21. The highest BCUT2D eigenvalue weighted by Crippen LogP contribution is 2.29. The first kappa shape index (κ1) is 17.0. The van der Waals surface area contributed by atoms with Gasteiger partial charge in [-0.15, -0.1) is 0 Å². The van der Waals surface area contributed by atoms with Crippen molar-refractivity contribution in [1.82, 2.24) is 4.98 Å². The maximum absolute atomic E-state index is 12.1. The molecule has 0 saturated carbocycles. The van der Waals surface area contributed by atoms with Crippen LogP contribution in [0.5, 0.6) is 11.5 Å². The van der Waals surface area contributed by atoms with Gasteiger partial charge >= 0.3 is 0 Å². The zero-order valence-corrected chi connectivity index (χ0v) is 14.8. The number of methoxy groups -OCH3 is 1. The van der Waals surface area contributed by atoms with Crippen LogP contribution in [-0.2, 0) is 4.79 Å². The number of nitrogens with zero attached hydrogens (tertiary/aromatic N) is 1. The van der Waals surface area contributed by atoms with Crippen LogP contribution in [0.25, 0.3) is 16.3 Å². The van der Waals surface area contributed by atoms with Crippen LogP contribution in [0.1, 0.15) is 12.5 Å². The molecule has 3 rings (SSSR count). The number of nitrogens with one attached hydrogen (secondary N) is 1. The summed E-state index contributed by atoms with van der Waals surface area (Å²) in [4.78, 5) is 16.5. The summed E-state index contributed by atoms with van der Waals surface area (Å²) < 4.78 is 11.6. The molecular formula is C19H18N2O3S. The van der Waals surface area contributed by atoms with Crippen LogP contribution >= 0.6 is 11.3 Å². The molecule has 1 heterocycles. The Kier molecular flexibility index (Phi) is 5.30. The Morgan fingerprint density at radius 1 is 1.20 bits per heavy atom. The number of hydrogen-bond acceptors (Lipinski definition) is 5. The predicted octanol–water partition coefficient (Wildman–Crippen LogP) is 4.36. The Balaban J connectivity index is 1.67. The standard InChI is InChI=1S/C19H18N2O3S/c1-3-24-15-9-10-16-17(12-15)25-19(20-16)21-18(22)11-6-13-4-7-14(23-2)8-5-13/h4-12H,3H2,1-2H3,(H,20,21,22). The van der Waals surface area contributed by atoms with E-state index in [9.17, 15) is 4.79 Å². The Hall–Kier alpha value is -2.86. The molecule has 1 aromatic heterocycles. The number of carbonyl (C=O) groups excluding carboxylic acids is 1. The summed E-state index contributed by atoms with van der Waals surface area (Å²) in [5.74, 6) is 1.36. The largest absolute Gasteiger partial charge is 0.497 e. The molecule has 0 fully saturated rings. The third kappa shape index (κ3) is 4.36. The number of anilines is 1. The van der Waals surface area contributed by atoms with E-state index in [0.717, 1.165) is 27.3 Å². The van der Waals surface area contributed by atoms with Gasteiger partial charge in [0.15, 0.2) is 5.13 Å². The Labute approximate surface area is 149 Å². The van der Waals surface area contributed by atoms with Crippen molar-refractivity contribution in [3.63, 3.8) is 0 Å². The summed E-state index contributed by atoms with van der Waals surface area (Å²) in [5, 5.41) is 3.35. The smallest absolute Gasteiger partial charge is 0.250 e. The number of carbonyl (C=O) groups is 1. The van der Waals surface area contributed by atoms with Crippen LogP contribution < -0.4 is 14.8 Å². The van der Waals surface area contributed by atoms with E-state index in [1.54, 1.807) is 13.2 Å². The molecule has 6 heteroatoms. The molecule has 1 amide bonds. The third-order valence-corrected chi connectivity index (χ3v) is 4.38. The average molecular weight is 354 g/mol. The number of aromatic nitrogens is 1. The number of fused-ring (bicyclic) bond motifs is 1. The van der Waals surface area contributed by atoms with Gasteiger partial charge in [-0.3, -0.25) is 10.1 Å². The lowest BCUT2D eigenvalue weighted by Crippen LogP contribution is -2.07. The number of amides is 1. The maximum atomic E-state index is 12.1. The number of rotatable bonds is 6. The molecule has 0 unspecified atom stereocenters. The summed E-state index contributed by atoms with van der Waals surface area (Å²) in [7, 11) is 1.62. The molecule has 3 aromatic rings. The minimum Gasteiger partial charge on any atom is -0.497 e. The molecule has 0 atom stereocenters. The summed E-state index contributed by atoms with van der Waals surface area (Å²) in [5.41, 5.74) is 1.75.